The first-order valence-electron chi connectivity index (χ1n) is 5.41. The standard InChI is InChI=1S/C11H14N4O2S/c1-16-10-13-9(14-11(15-10)17-2)12-5-3-8-4-6-18-7-8/h4,6-7H,3,5H2,1-2H3,(H,12,13,14,15). The van der Waals surface area contributed by atoms with Gasteiger partial charge >= 0.3 is 12.0 Å². The van der Waals surface area contributed by atoms with Crippen LogP contribution in [0.1, 0.15) is 5.56 Å². The average Bonchev–Trinajstić information content (AvgIpc) is 2.91. The van der Waals surface area contributed by atoms with Gasteiger partial charge in [0.25, 0.3) is 0 Å². The summed E-state index contributed by atoms with van der Waals surface area (Å²) in [6.07, 6.45) is 0.916. The zero-order valence-electron chi connectivity index (χ0n) is 10.2. The van der Waals surface area contributed by atoms with E-state index in [1.54, 1.807) is 11.3 Å². The minimum atomic E-state index is 0.236. The van der Waals surface area contributed by atoms with E-state index >= 15 is 0 Å². The third-order valence-corrected chi connectivity index (χ3v) is 2.97. The molecule has 0 aromatic carbocycles. The number of nitrogens with zero attached hydrogens (tertiary/aromatic N) is 3. The van der Waals surface area contributed by atoms with Crippen molar-refractivity contribution in [3.63, 3.8) is 0 Å². The Morgan fingerprint density at radius 1 is 1.17 bits per heavy atom. The minimum absolute atomic E-state index is 0.236. The van der Waals surface area contributed by atoms with Crippen LogP contribution in [-0.2, 0) is 6.42 Å². The summed E-state index contributed by atoms with van der Waals surface area (Å²) in [4.78, 5) is 12.1. The van der Waals surface area contributed by atoms with E-state index in [2.05, 4.69) is 37.1 Å². The van der Waals surface area contributed by atoms with Crippen molar-refractivity contribution in [1.29, 1.82) is 0 Å². The Labute approximate surface area is 109 Å². The van der Waals surface area contributed by atoms with Crippen LogP contribution in [-0.4, -0.2) is 35.7 Å². The average molecular weight is 266 g/mol. The zero-order valence-corrected chi connectivity index (χ0v) is 11.0. The molecule has 2 aromatic heterocycles. The Balaban J connectivity index is 1.95. The minimum Gasteiger partial charge on any atom is -0.467 e. The molecule has 0 saturated heterocycles. The van der Waals surface area contributed by atoms with Crippen molar-refractivity contribution in [2.45, 2.75) is 6.42 Å². The lowest BCUT2D eigenvalue weighted by atomic mass is 10.2. The summed E-state index contributed by atoms with van der Waals surface area (Å²) in [5.41, 5.74) is 1.29. The van der Waals surface area contributed by atoms with E-state index in [0.717, 1.165) is 13.0 Å². The van der Waals surface area contributed by atoms with Crippen LogP contribution in [0.3, 0.4) is 0 Å². The summed E-state index contributed by atoms with van der Waals surface area (Å²) < 4.78 is 9.94. The van der Waals surface area contributed by atoms with Crippen molar-refractivity contribution in [2.24, 2.45) is 0 Å². The van der Waals surface area contributed by atoms with Crippen LogP contribution in [0.15, 0.2) is 16.8 Å². The number of thiophene rings is 1. The second-order valence-corrected chi connectivity index (χ2v) is 4.22. The molecule has 18 heavy (non-hydrogen) atoms. The van der Waals surface area contributed by atoms with Gasteiger partial charge in [-0.1, -0.05) is 0 Å². The predicted molar refractivity (Wildman–Crippen MR) is 69.4 cm³/mol. The zero-order chi connectivity index (χ0) is 12.8. The van der Waals surface area contributed by atoms with Crippen LogP contribution in [0.2, 0.25) is 0 Å². The molecule has 96 valence electrons. The van der Waals surface area contributed by atoms with Crippen LogP contribution >= 0.6 is 11.3 Å². The third-order valence-electron chi connectivity index (χ3n) is 2.24. The molecule has 0 fully saturated rings. The van der Waals surface area contributed by atoms with Crippen LogP contribution in [0.5, 0.6) is 12.0 Å². The van der Waals surface area contributed by atoms with E-state index in [1.807, 2.05) is 0 Å². The Hall–Kier alpha value is -1.89. The van der Waals surface area contributed by atoms with E-state index in [-0.39, 0.29) is 12.0 Å². The molecular weight excluding hydrogens is 252 g/mol. The topological polar surface area (TPSA) is 69.2 Å². The summed E-state index contributed by atoms with van der Waals surface area (Å²) in [6.45, 7) is 0.743. The first kappa shape index (κ1) is 12.6. The molecule has 0 aliphatic heterocycles. The van der Waals surface area contributed by atoms with Gasteiger partial charge in [0.2, 0.25) is 5.95 Å². The Bertz CT molecular complexity index is 468. The number of methoxy groups -OCH3 is 2. The second-order valence-electron chi connectivity index (χ2n) is 3.44. The molecule has 0 bridgehead atoms. The Kier molecular flexibility index (Phi) is 4.30. The molecule has 7 heteroatoms. The highest BCUT2D eigenvalue weighted by Gasteiger charge is 2.06. The van der Waals surface area contributed by atoms with E-state index in [9.17, 15) is 0 Å². The van der Waals surface area contributed by atoms with Crippen LogP contribution in [0.4, 0.5) is 5.95 Å². The molecule has 0 aliphatic carbocycles. The molecule has 2 aromatic rings. The van der Waals surface area contributed by atoms with E-state index < -0.39 is 0 Å². The molecule has 0 spiro atoms. The SMILES string of the molecule is COc1nc(NCCc2ccsc2)nc(OC)n1. The molecule has 2 heterocycles. The van der Waals surface area contributed by atoms with Crippen molar-refractivity contribution in [3.8, 4) is 12.0 Å². The van der Waals surface area contributed by atoms with Gasteiger partial charge in [-0.3, -0.25) is 0 Å². The lowest BCUT2D eigenvalue weighted by molar-refractivity contribution is 0.341. The molecule has 0 amide bonds. The predicted octanol–water partition coefficient (Wildman–Crippen LogP) is 1.60. The summed E-state index contributed by atoms with van der Waals surface area (Å²) in [6, 6.07) is 2.57. The van der Waals surface area contributed by atoms with Crippen LogP contribution < -0.4 is 14.8 Å². The van der Waals surface area contributed by atoms with Crippen LogP contribution in [0, 0.1) is 0 Å². The third kappa shape index (κ3) is 3.30. The molecule has 0 saturated carbocycles. The molecule has 0 aliphatic rings. The van der Waals surface area contributed by atoms with Gasteiger partial charge in [0.15, 0.2) is 0 Å². The number of anilines is 1. The van der Waals surface area contributed by atoms with Gasteiger partial charge in [-0.15, -0.1) is 4.98 Å². The second kappa shape index (κ2) is 6.15. The number of rotatable bonds is 6. The van der Waals surface area contributed by atoms with Crippen molar-refractivity contribution in [1.82, 2.24) is 15.0 Å². The van der Waals surface area contributed by atoms with E-state index in [1.165, 1.54) is 19.8 Å². The maximum atomic E-state index is 4.97. The fraction of sp³-hybridized carbons (Fsp3) is 0.364. The van der Waals surface area contributed by atoms with Crippen molar-refractivity contribution in [3.05, 3.63) is 22.4 Å². The lowest BCUT2D eigenvalue weighted by Crippen LogP contribution is -2.09. The quantitative estimate of drug-likeness (QED) is 0.856. The molecule has 6 nitrogen and oxygen atoms in total. The normalized spacial score (nSPS) is 10.1. The Morgan fingerprint density at radius 3 is 2.44 bits per heavy atom. The highest BCUT2D eigenvalue weighted by Crippen LogP contribution is 2.12. The molecule has 0 unspecified atom stereocenters. The number of nitrogens with one attached hydrogen (secondary N) is 1. The van der Waals surface area contributed by atoms with E-state index in [0.29, 0.717) is 5.95 Å². The Morgan fingerprint density at radius 2 is 1.89 bits per heavy atom. The van der Waals surface area contributed by atoms with Gasteiger partial charge < -0.3 is 14.8 Å². The summed E-state index contributed by atoms with van der Waals surface area (Å²) in [5, 5.41) is 7.30. The van der Waals surface area contributed by atoms with Crippen LogP contribution in [0.25, 0.3) is 0 Å². The highest BCUT2D eigenvalue weighted by atomic mass is 32.1. The van der Waals surface area contributed by atoms with Gasteiger partial charge in [-0.2, -0.15) is 21.3 Å². The summed E-state index contributed by atoms with van der Waals surface area (Å²) >= 11 is 1.69. The van der Waals surface area contributed by atoms with Crippen molar-refractivity contribution < 1.29 is 9.47 Å². The highest BCUT2D eigenvalue weighted by molar-refractivity contribution is 7.07. The first-order chi connectivity index (χ1) is 8.81. The van der Waals surface area contributed by atoms with E-state index in [4.69, 9.17) is 9.47 Å². The van der Waals surface area contributed by atoms with Gasteiger partial charge in [-0.05, 0) is 28.8 Å². The number of hydrogen-bond donors (Lipinski definition) is 1. The first-order valence-corrected chi connectivity index (χ1v) is 6.35. The monoisotopic (exact) mass is 266 g/mol. The van der Waals surface area contributed by atoms with Gasteiger partial charge in [0, 0.05) is 6.54 Å². The lowest BCUT2D eigenvalue weighted by Gasteiger charge is -2.06. The fourth-order valence-electron chi connectivity index (χ4n) is 1.35. The summed E-state index contributed by atoms with van der Waals surface area (Å²) in [7, 11) is 3.01. The van der Waals surface area contributed by atoms with Crippen molar-refractivity contribution in [2.75, 3.05) is 26.1 Å². The summed E-state index contributed by atoms with van der Waals surface area (Å²) in [5.74, 6) is 0.453. The molecule has 2 rings (SSSR count). The molecule has 0 radical (unpaired) electrons. The number of aromatic nitrogens is 3. The molecule has 1 N–H and O–H groups in total. The number of ether oxygens (including phenoxy) is 2. The largest absolute Gasteiger partial charge is 0.467 e. The van der Waals surface area contributed by atoms with Gasteiger partial charge in [0.05, 0.1) is 14.2 Å². The number of hydrogen-bond acceptors (Lipinski definition) is 7. The molecule has 0 atom stereocenters. The van der Waals surface area contributed by atoms with Crippen molar-refractivity contribution >= 4 is 17.3 Å². The maximum Gasteiger partial charge on any atom is 0.324 e. The molecular formula is C11H14N4O2S. The van der Waals surface area contributed by atoms with Gasteiger partial charge in [0.1, 0.15) is 0 Å². The van der Waals surface area contributed by atoms with Gasteiger partial charge in [-0.25, -0.2) is 0 Å². The smallest absolute Gasteiger partial charge is 0.324 e. The fourth-order valence-corrected chi connectivity index (χ4v) is 2.06. The maximum absolute atomic E-state index is 4.97.